The van der Waals surface area contributed by atoms with Gasteiger partial charge in [0.05, 0.1) is 17.7 Å². The Balaban J connectivity index is 1.96. The Bertz CT molecular complexity index is 679. The maximum absolute atomic E-state index is 12.4. The van der Waals surface area contributed by atoms with Crippen LogP contribution in [0, 0.1) is 19.8 Å². The number of ketones is 2. The molecule has 1 aromatic carbocycles. The van der Waals surface area contributed by atoms with Crippen LogP contribution in [0.1, 0.15) is 37.6 Å². The van der Waals surface area contributed by atoms with Gasteiger partial charge in [0.2, 0.25) is 0 Å². The van der Waals surface area contributed by atoms with Crippen molar-refractivity contribution >= 4 is 11.6 Å². The lowest BCUT2D eigenvalue weighted by molar-refractivity contribution is 0.0821. The number of Topliss-reactive ketones (excluding diaryl/α,β-unsaturated/α-hetero) is 2. The number of fused-ring (bicyclic) bond motifs is 1. The number of hydrogen-bond acceptors (Lipinski definition) is 3. The predicted octanol–water partition coefficient (Wildman–Crippen LogP) is 3.13. The minimum absolute atomic E-state index is 0.0655. The molecule has 1 unspecified atom stereocenters. The van der Waals surface area contributed by atoms with Crippen LogP contribution in [0.3, 0.4) is 0 Å². The highest BCUT2D eigenvalue weighted by atomic mass is 16.3. The largest absolute Gasteiger partial charge is 0.469 e. The van der Waals surface area contributed by atoms with E-state index >= 15 is 0 Å². The third-order valence-corrected chi connectivity index (χ3v) is 3.71. The number of rotatable bonds is 2. The van der Waals surface area contributed by atoms with E-state index in [1.54, 1.807) is 13.0 Å². The summed E-state index contributed by atoms with van der Waals surface area (Å²) in [5, 5.41) is 0. The molecule has 0 amide bonds. The molecular formula is C16H14O3. The highest BCUT2D eigenvalue weighted by Gasteiger charge is 2.36. The van der Waals surface area contributed by atoms with E-state index in [9.17, 15) is 9.59 Å². The molecule has 0 N–H and O–H groups in total. The number of aryl methyl sites for hydroxylation is 2. The predicted molar refractivity (Wildman–Crippen MR) is 70.5 cm³/mol. The van der Waals surface area contributed by atoms with Crippen LogP contribution in [0.15, 0.2) is 34.9 Å². The molecule has 0 saturated carbocycles. The molecule has 96 valence electrons. The van der Waals surface area contributed by atoms with Gasteiger partial charge in [0.25, 0.3) is 0 Å². The number of furan rings is 1. The summed E-state index contributed by atoms with van der Waals surface area (Å²) >= 11 is 0. The first kappa shape index (κ1) is 11.9. The molecule has 0 bridgehead atoms. The lowest BCUT2D eigenvalue weighted by Gasteiger charge is -2.05. The fraction of sp³-hybridized carbons (Fsp3) is 0.250. The van der Waals surface area contributed by atoms with Crippen LogP contribution < -0.4 is 0 Å². The highest BCUT2D eigenvalue weighted by molar-refractivity contribution is 6.19. The van der Waals surface area contributed by atoms with E-state index < -0.39 is 5.92 Å². The van der Waals surface area contributed by atoms with Gasteiger partial charge in [0, 0.05) is 5.56 Å². The van der Waals surface area contributed by atoms with Crippen LogP contribution in [-0.2, 0) is 6.42 Å². The van der Waals surface area contributed by atoms with Gasteiger partial charge in [0.1, 0.15) is 5.76 Å². The number of carbonyl (C=O) groups is 2. The molecule has 1 aliphatic rings. The van der Waals surface area contributed by atoms with E-state index in [2.05, 4.69) is 0 Å². The second-order valence-corrected chi connectivity index (χ2v) is 5.04. The van der Waals surface area contributed by atoms with Crippen molar-refractivity contribution in [2.45, 2.75) is 20.3 Å². The van der Waals surface area contributed by atoms with Gasteiger partial charge in [-0.3, -0.25) is 9.59 Å². The number of carbonyl (C=O) groups excluding carboxylic acids is 2. The molecule has 1 atom stereocenters. The number of hydrogen-bond donors (Lipinski definition) is 0. The van der Waals surface area contributed by atoms with Gasteiger partial charge in [-0.15, -0.1) is 0 Å². The summed E-state index contributed by atoms with van der Waals surface area (Å²) in [5.74, 6) is -0.215. The first-order valence-corrected chi connectivity index (χ1v) is 6.30. The van der Waals surface area contributed by atoms with Gasteiger partial charge in [-0.2, -0.15) is 0 Å². The highest BCUT2D eigenvalue weighted by Crippen LogP contribution is 2.30. The van der Waals surface area contributed by atoms with E-state index in [1.807, 2.05) is 25.1 Å². The fourth-order valence-corrected chi connectivity index (χ4v) is 2.64. The molecule has 0 aliphatic heterocycles. The Morgan fingerprint density at radius 2 is 2.05 bits per heavy atom. The van der Waals surface area contributed by atoms with Gasteiger partial charge in [-0.05, 0) is 38.0 Å². The Kier molecular flexibility index (Phi) is 2.63. The van der Waals surface area contributed by atoms with Crippen LogP contribution >= 0.6 is 0 Å². The topological polar surface area (TPSA) is 47.3 Å². The molecule has 2 aromatic rings. The molecule has 1 heterocycles. The van der Waals surface area contributed by atoms with E-state index in [-0.39, 0.29) is 11.6 Å². The molecule has 1 aliphatic carbocycles. The molecule has 1 aromatic heterocycles. The van der Waals surface area contributed by atoms with Crippen LogP contribution in [0.4, 0.5) is 0 Å². The molecule has 19 heavy (non-hydrogen) atoms. The minimum atomic E-state index is -0.590. The van der Waals surface area contributed by atoms with Crippen molar-refractivity contribution in [1.29, 1.82) is 0 Å². The van der Waals surface area contributed by atoms with Gasteiger partial charge in [0.15, 0.2) is 11.6 Å². The van der Waals surface area contributed by atoms with Gasteiger partial charge in [-0.1, -0.05) is 17.7 Å². The van der Waals surface area contributed by atoms with E-state index in [0.717, 1.165) is 11.1 Å². The van der Waals surface area contributed by atoms with Crippen LogP contribution in [0.5, 0.6) is 0 Å². The molecule has 3 rings (SSSR count). The van der Waals surface area contributed by atoms with Gasteiger partial charge < -0.3 is 4.42 Å². The van der Waals surface area contributed by atoms with Crippen LogP contribution in [0.2, 0.25) is 0 Å². The third kappa shape index (κ3) is 1.82. The maximum atomic E-state index is 12.4. The average molecular weight is 254 g/mol. The second kappa shape index (κ2) is 4.19. The quantitative estimate of drug-likeness (QED) is 0.611. The van der Waals surface area contributed by atoms with Crippen molar-refractivity contribution in [3.8, 4) is 0 Å². The van der Waals surface area contributed by atoms with Crippen LogP contribution in [0.25, 0.3) is 0 Å². The Labute approximate surface area is 111 Å². The summed E-state index contributed by atoms with van der Waals surface area (Å²) in [7, 11) is 0. The minimum Gasteiger partial charge on any atom is -0.469 e. The Morgan fingerprint density at radius 3 is 2.74 bits per heavy atom. The SMILES string of the molecule is Cc1ccc2c(c1)C(=O)C(C(=O)c1ccoc1C)C2. The lowest BCUT2D eigenvalue weighted by Crippen LogP contribution is -2.21. The monoisotopic (exact) mass is 254 g/mol. The summed E-state index contributed by atoms with van der Waals surface area (Å²) in [5.41, 5.74) is 3.22. The fourth-order valence-electron chi connectivity index (χ4n) is 2.64. The molecule has 3 heteroatoms. The summed E-state index contributed by atoms with van der Waals surface area (Å²) in [4.78, 5) is 24.8. The summed E-state index contributed by atoms with van der Waals surface area (Å²) in [6, 6.07) is 7.42. The smallest absolute Gasteiger partial charge is 0.177 e. The van der Waals surface area contributed by atoms with E-state index in [4.69, 9.17) is 4.42 Å². The third-order valence-electron chi connectivity index (χ3n) is 3.71. The first-order chi connectivity index (χ1) is 9.08. The Hall–Kier alpha value is -2.16. The van der Waals surface area contributed by atoms with Gasteiger partial charge in [-0.25, -0.2) is 0 Å². The lowest BCUT2D eigenvalue weighted by atomic mass is 9.94. The molecular weight excluding hydrogens is 240 g/mol. The van der Waals surface area contributed by atoms with E-state index in [1.165, 1.54) is 6.26 Å². The van der Waals surface area contributed by atoms with E-state index in [0.29, 0.717) is 23.3 Å². The van der Waals surface area contributed by atoms with Crippen molar-refractivity contribution in [1.82, 2.24) is 0 Å². The zero-order chi connectivity index (χ0) is 13.6. The van der Waals surface area contributed by atoms with Crippen molar-refractivity contribution < 1.29 is 14.0 Å². The molecule has 3 nitrogen and oxygen atoms in total. The summed E-state index contributed by atoms with van der Waals surface area (Å²) in [6.07, 6.45) is 1.98. The molecule has 0 radical (unpaired) electrons. The second-order valence-electron chi connectivity index (χ2n) is 5.04. The average Bonchev–Trinajstić information content (AvgIpc) is 2.94. The zero-order valence-electron chi connectivity index (χ0n) is 10.9. The molecule has 0 spiro atoms. The number of benzene rings is 1. The first-order valence-electron chi connectivity index (χ1n) is 6.30. The standard InChI is InChI=1S/C16H14O3/c1-9-3-4-11-8-14(16(18)13(11)7-9)15(17)12-5-6-19-10(12)2/h3-7,14H,8H2,1-2H3. The Morgan fingerprint density at radius 1 is 1.26 bits per heavy atom. The molecule has 0 fully saturated rings. The van der Waals surface area contributed by atoms with Crippen molar-refractivity contribution in [3.63, 3.8) is 0 Å². The van der Waals surface area contributed by atoms with Crippen molar-refractivity contribution in [3.05, 3.63) is 58.5 Å². The van der Waals surface area contributed by atoms with Gasteiger partial charge >= 0.3 is 0 Å². The van der Waals surface area contributed by atoms with Crippen molar-refractivity contribution in [2.24, 2.45) is 5.92 Å². The maximum Gasteiger partial charge on any atom is 0.177 e. The van der Waals surface area contributed by atoms with Crippen LogP contribution in [-0.4, -0.2) is 11.6 Å². The van der Waals surface area contributed by atoms with Crippen molar-refractivity contribution in [2.75, 3.05) is 0 Å². The molecule has 0 saturated heterocycles. The summed E-state index contributed by atoms with van der Waals surface area (Å²) < 4.78 is 5.14. The normalized spacial score (nSPS) is 17.6. The zero-order valence-corrected chi connectivity index (χ0v) is 10.9. The summed E-state index contributed by atoms with van der Waals surface area (Å²) in [6.45, 7) is 3.69.